The molecule has 1 heterocycles. The SMILES string of the molecule is O=C(CCCOc1ccccc1)N1CCCC2CCCCC21. The van der Waals surface area contributed by atoms with Crippen molar-refractivity contribution in [1.29, 1.82) is 0 Å². The Bertz CT molecular complexity index is 472. The van der Waals surface area contributed by atoms with E-state index >= 15 is 0 Å². The lowest BCUT2D eigenvalue weighted by Crippen LogP contribution is -2.49. The highest BCUT2D eigenvalue weighted by molar-refractivity contribution is 5.76. The fourth-order valence-electron chi connectivity index (χ4n) is 4.01. The zero-order valence-electron chi connectivity index (χ0n) is 13.4. The van der Waals surface area contributed by atoms with Gasteiger partial charge in [0, 0.05) is 19.0 Å². The van der Waals surface area contributed by atoms with Crippen molar-refractivity contribution in [3.8, 4) is 5.75 Å². The van der Waals surface area contributed by atoms with Crippen LogP contribution in [0.4, 0.5) is 0 Å². The largest absolute Gasteiger partial charge is 0.494 e. The van der Waals surface area contributed by atoms with Crippen molar-refractivity contribution in [2.24, 2.45) is 5.92 Å². The lowest BCUT2D eigenvalue weighted by Gasteiger charge is -2.44. The maximum atomic E-state index is 12.5. The normalized spacial score (nSPS) is 24.6. The molecule has 1 saturated carbocycles. The highest BCUT2D eigenvalue weighted by Gasteiger charge is 2.35. The topological polar surface area (TPSA) is 29.5 Å². The third kappa shape index (κ3) is 3.82. The molecule has 1 aromatic carbocycles. The molecular formula is C19H27NO2. The number of hydrogen-bond donors (Lipinski definition) is 0. The van der Waals surface area contributed by atoms with E-state index in [2.05, 4.69) is 4.90 Å². The fourth-order valence-corrected chi connectivity index (χ4v) is 4.01. The average Bonchev–Trinajstić information content (AvgIpc) is 2.59. The van der Waals surface area contributed by atoms with E-state index in [-0.39, 0.29) is 0 Å². The highest BCUT2D eigenvalue weighted by atomic mass is 16.5. The lowest BCUT2D eigenvalue weighted by atomic mass is 9.78. The Morgan fingerprint density at radius 3 is 2.73 bits per heavy atom. The van der Waals surface area contributed by atoms with Gasteiger partial charge in [0.25, 0.3) is 0 Å². The molecule has 2 aliphatic rings. The van der Waals surface area contributed by atoms with Crippen molar-refractivity contribution in [2.45, 2.75) is 57.4 Å². The van der Waals surface area contributed by atoms with Crippen LogP contribution in [0.3, 0.4) is 0 Å². The summed E-state index contributed by atoms with van der Waals surface area (Å²) in [5, 5.41) is 0. The first-order chi connectivity index (χ1) is 10.8. The molecule has 0 radical (unpaired) electrons. The van der Waals surface area contributed by atoms with Gasteiger partial charge in [-0.15, -0.1) is 0 Å². The summed E-state index contributed by atoms with van der Waals surface area (Å²) < 4.78 is 5.68. The van der Waals surface area contributed by atoms with Crippen LogP contribution >= 0.6 is 0 Å². The number of benzene rings is 1. The Balaban J connectivity index is 1.43. The highest BCUT2D eigenvalue weighted by Crippen LogP contribution is 2.35. The van der Waals surface area contributed by atoms with Crippen LogP contribution in [-0.4, -0.2) is 30.0 Å². The summed E-state index contributed by atoms with van der Waals surface area (Å²) >= 11 is 0. The number of rotatable bonds is 5. The predicted octanol–water partition coefficient (Wildman–Crippen LogP) is 4.03. The number of fused-ring (bicyclic) bond motifs is 1. The van der Waals surface area contributed by atoms with Crippen molar-refractivity contribution in [1.82, 2.24) is 4.90 Å². The summed E-state index contributed by atoms with van der Waals surface area (Å²) in [6.07, 6.45) is 9.13. The first-order valence-corrected chi connectivity index (χ1v) is 8.82. The average molecular weight is 301 g/mol. The van der Waals surface area contributed by atoms with Crippen molar-refractivity contribution in [3.05, 3.63) is 30.3 Å². The second kappa shape index (κ2) is 7.66. The third-order valence-corrected chi connectivity index (χ3v) is 5.11. The molecule has 2 atom stereocenters. The van der Waals surface area contributed by atoms with Gasteiger partial charge < -0.3 is 9.64 Å². The predicted molar refractivity (Wildman–Crippen MR) is 87.9 cm³/mol. The van der Waals surface area contributed by atoms with Crippen LogP contribution in [-0.2, 0) is 4.79 Å². The summed E-state index contributed by atoms with van der Waals surface area (Å²) in [5.41, 5.74) is 0. The van der Waals surface area contributed by atoms with Crippen molar-refractivity contribution in [2.75, 3.05) is 13.2 Å². The molecule has 2 fully saturated rings. The van der Waals surface area contributed by atoms with E-state index in [0.717, 1.165) is 24.6 Å². The minimum absolute atomic E-state index is 0.341. The molecule has 1 aromatic rings. The van der Waals surface area contributed by atoms with E-state index in [0.29, 0.717) is 25.0 Å². The van der Waals surface area contributed by atoms with Gasteiger partial charge in [-0.2, -0.15) is 0 Å². The summed E-state index contributed by atoms with van der Waals surface area (Å²) in [5.74, 6) is 2.00. The first kappa shape index (κ1) is 15.4. The molecule has 1 aliphatic heterocycles. The molecule has 3 rings (SSSR count). The van der Waals surface area contributed by atoms with Gasteiger partial charge in [0.2, 0.25) is 5.91 Å². The second-order valence-electron chi connectivity index (χ2n) is 6.61. The zero-order chi connectivity index (χ0) is 15.2. The van der Waals surface area contributed by atoms with Crippen LogP contribution < -0.4 is 4.74 Å². The maximum Gasteiger partial charge on any atom is 0.222 e. The number of carbonyl (C=O) groups is 1. The summed E-state index contributed by atoms with van der Waals surface area (Å²) in [6, 6.07) is 10.4. The third-order valence-electron chi connectivity index (χ3n) is 5.11. The van der Waals surface area contributed by atoms with Crippen LogP contribution in [0, 0.1) is 5.92 Å². The van der Waals surface area contributed by atoms with Gasteiger partial charge in [-0.05, 0) is 50.2 Å². The van der Waals surface area contributed by atoms with E-state index in [1.807, 2.05) is 30.3 Å². The van der Waals surface area contributed by atoms with Gasteiger partial charge in [-0.1, -0.05) is 31.0 Å². The Kier molecular flexibility index (Phi) is 5.36. The summed E-state index contributed by atoms with van der Waals surface area (Å²) in [4.78, 5) is 14.7. The van der Waals surface area contributed by atoms with Gasteiger partial charge in [0.1, 0.15) is 5.75 Å². The number of likely N-dealkylation sites (tertiary alicyclic amines) is 1. The molecule has 1 amide bonds. The number of carbonyl (C=O) groups excluding carboxylic acids is 1. The van der Waals surface area contributed by atoms with E-state index < -0.39 is 0 Å². The number of para-hydroxylation sites is 1. The zero-order valence-corrected chi connectivity index (χ0v) is 13.4. The van der Waals surface area contributed by atoms with Crippen LogP contribution in [0.1, 0.15) is 51.4 Å². The Labute approximate surface area is 133 Å². The minimum atomic E-state index is 0.341. The van der Waals surface area contributed by atoms with Gasteiger partial charge in [-0.3, -0.25) is 4.79 Å². The molecule has 2 unspecified atom stereocenters. The van der Waals surface area contributed by atoms with Gasteiger partial charge in [0.15, 0.2) is 0 Å². The van der Waals surface area contributed by atoms with Crippen LogP contribution in [0.5, 0.6) is 5.75 Å². The molecular weight excluding hydrogens is 274 g/mol. The van der Waals surface area contributed by atoms with Crippen LogP contribution in [0.15, 0.2) is 30.3 Å². The van der Waals surface area contributed by atoms with Crippen LogP contribution in [0.25, 0.3) is 0 Å². The Morgan fingerprint density at radius 2 is 1.86 bits per heavy atom. The number of nitrogens with zero attached hydrogens (tertiary/aromatic N) is 1. The molecule has 3 nitrogen and oxygen atoms in total. The van der Waals surface area contributed by atoms with Crippen molar-refractivity contribution < 1.29 is 9.53 Å². The van der Waals surface area contributed by atoms with Crippen molar-refractivity contribution >= 4 is 5.91 Å². The summed E-state index contributed by atoms with van der Waals surface area (Å²) in [6.45, 7) is 1.59. The van der Waals surface area contributed by atoms with E-state index in [4.69, 9.17) is 4.74 Å². The van der Waals surface area contributed by atoms with Gasteiger partial charge >= 0.3 is 0 Å². The quantitative estimate of drug-likeness (QED) is 0.769. The molecule has 0 aromatic heterocycles. The van der Waals surface area contributed by atoms with Gasteiger partial charge in [-0.25, -0.2) is 0 Å². The molecule has 1 saturated heterocycles. The maximum absolute atomic E-state index is 12.5. The first-order valence-electron chi connectivity index (χ1n) is 8.82. The molecule has 3 heteroatoms. The van der Waals surface area contributed by atoms with Crippen molar-refractivity contribution in [3.63, 3.8) is 0 Å². The smallest absolute Gasteiger partial charge is 0.222 e. The number of hydrogen-bond acceptors (Lipinski definition) is 2. The van der Waals surface area contributed by atoms with E-state index in [1.54, 1.807) is 0 Å². The van der Waals surface area contributed by atoms with E-state index in [9.17, 15) is 4.79 Å². The second-order valence-corrected chi connectivity index (χ2v) is 6.61. The molecule has 22 heavy (non-hydrogen) atoms. The number of ether oxygens (including phenoxy) is 1. The minimum Gasteiger partial charge on any atom is -0.494 e. The van der Waals surface area contributed by atoms with Gasteiger partial charge in [0.05, 0.1) is 6.61 Å². The molecule has 0 bridgehead atoms. The Morgan fingerprint density at radius 1 is 1.09 bits per heavy atom. The van der Waals surface area contributed by atoms with E-state index in [1.165, 1.54) is 38.5 Å². The standard InChI is InChI=1S/C19H27NO2/c21-19(13-7-15-22-17-10-2-1-3-11-17)20-14-6-9-16-8-4-5-12-18(16)20/h1-3,10-11,16,18H,4-9,12-15H2. The van der Waals surface area contributed by atoms with Crippen LogP contribution in [0.2, 0.25) is 0 Å². The fraction of sp³-hybridized carbons (Fsp3) is 0.632. The number of piperidine rings is 1. The molecule has 1 aliphatic carbocycles. The Hall–Kier alpha value is -1.51. The number of amides is 1. The lowest BCUT2D eigenvalue weighted by molar-refractivity contribution is -0.137. The molecule has 0 N–H and O–H groups in total. The summed E-state index contributed by atoms with van der Waals surface area (Å²) in [7, 11) is 0. The molecule has 0 spiro atoms. The molecule has 120 valence electrons. The monoisotopic (exact) mass is 301 g/mol.